The summed E-state index contributed by atoms with van der Waals surface area (Å²) in [6.45, 7) is 19.0. The van der Waals surface area contributed by atoms with Gasteiger partial charge in [-0.05, 0) is 98.7 Å². The van der Waals surface area contributed by atoms with Crippen molar-refractivity contribution in [2.75, 3.05) is 57.1 Å². The number of benzene rings is 3. The molecular weight excluding hydrogens is 682 g/mol. The lowest BCUT2D eigenvalue weighted by Crippen LogP contribution is -2.21. The number of hydrogen-bond donors (Lipinski definition) is 0. The van der Waals surface area contributed by atoms with Crippen molar-refractivity contribution in [2.24, 2.45) is 0 Å². The van der Waals surface area contributed by atoms with Crippen LogP contribution in [0.4, 0.5) is 22.7 Å². The first-order valence-corrected chi connectivity index (χ1v) is 18.3. The van der Waals surface area contributed by atoms with Crippen molar-refractivity contribution in [2.45, 2.75) is 46.6 Å². The molecule has 1 heterocycles. The Morgan fingerprint density at radius 2 is 1.65 bits per heavy atom. The summed E-state index contributed by atoms with van der Waals surface area (Å²) in [5.41, 5.74) is 5.74. The number of nitro benzene ring substituents is 1. The lowest BCUT2D eigenvalue weighted by Gasteiger charge is -2.29. The van der Waals surface area contributed by atoms with Crippen LogP contribution in [-0.2, 0) is 20.6 Å². The standard InChI is InChI=1S/C42H49N3O7.C2H6/c1-7-10-35(12-9-11-33(4)48-5)44(38-17-22-40(49-6)23-18-38)37-15-13-32(3)43(42-26-21-39(45(46)47)31-34(42)14-16-37)36-19-24-41(25-20-36)52-30-29-51-28-27-50-8-2;1-2/h7,9-11,13,15-26,31,33H,1,3,8,12,14,27-30H2,2,4-6H3;1-2H3/b11-9-,15-13-,35-10+,37-16+;. The average molecular weight is 738 g/mol. The maximum atomic E-state index is 11.9. The molecule has 1 unspecified atom stereocenters. The van der Waals surface area contributed by atoms with E-state index in [2.05, 4.69) is 30.2 Å². The van der Waals surface area contributed by atoms with Crippen molar-refractivity contribution in [1.82, 2.24) is 0 Å². The van der Waals surface area contributed by atoms with E-state index in [0.29, 0.717) is 57.3 Å². The van der Waals surface area contributed by atoms with Crippen molar-refractivity contribution < 1.29 is 28.6 Å². The van der Waals surface area contributed by atoms with Crippen LogP contribution in [0.1, 0.15) is 39.7 Å². The summed E-state index contributed by atoms with van der Waals surface area (Å²) in [6.07, 6.45) is 14.8. The third-order valence-electron chi connectivity index (χ3n) is 8.24. The van der Waals surface area contributed by atoms with E-state index in [-0.39, 0.29) is 16.7 Å². The van der Waals surface area contributed by atoms with E-state index in [1.54, 1.807) is 32.4 Å². The minimum absolute atomic E-state index is 0.00958. The molecule has 1 aliphatic heterocycles. The van der Waals surface area contributed by atoms with Crippen LogP contribution in [0.2, 0.25) is 0 Å². The molecule has 10 heteroatoms. The van der Waals surface area contributed by atoms with Crippen LogP contribution in [0, 0.1) is 10.1 Å². The molecule has 10 nitrogen and oxygen atoms in total. The van der Waals surface area contributed by atoms with Gasteiger partial charge in [0.2, 0.25) is 0 Å². The minimum atomic E-state index is -0.371. The van der Waals surface area contributed by atoms with Gasteiger partial charge in [-0.2, -0.15) is 0 Å². The first-order valence-electron chi connectivity index (χ1n) is 18.3. The fraction of sp³-hybridized carbons (Fsp3) is 0.318. The van der Waals surface area contributed by atoms with Crippen molar-refractivity contribution in [3.05, 3.63) is 155 Å². The highest BCUT2D eigenvalue weighted by atomic mass is 16.6. The zero-order valence-corrected chi connectivity index (χ0v) is 32.5. The summed E-state index contributed by atoms with van der Waals surface area (Å²) in [4.78, 5) is 15.7. The normalized spacial score (nSPS) is 15.0. The van der Waals surface area contributed by atoms with E-state index in [0.717, 1.165) is 39.8 Å². The van der Waals surface area contributed by atoms with Crippen molar-refractivity contribution in [3.8, 4) is 11.5 Å². The van der Waals surface area contributed by atoms with Gasteiger partial charge in [-0.15, -0.1) is 0 Å². The molecule has 1 atom stereocenters. The van der Waals surface area contributed by atoms with Crippen LogP contribution in [0.5, 0.6) is 11.5 Å². The average Bonchev–Trinajstić information content (AvgIpc) is 3.26. The molecule has 288 valence electrons. The van der Waals surface area contributed by atoms with Gasteiger partial charge in [-0.3, -0.25) is 10.1 Å². The maximum Gasteiger partial charge on any atom is 0.269 e. The number of hydrogen-bond acceptors (Lipinski definition) is 9. The molecule has 0 aromatic heterocycles. The third-order valence-corrected chi connectivity index (χ3v) is 8.24. The molecule has 0 bridgehead atoms. The number of nitro groups is 1. The van der Waals surface area contributed by atoms with Gasteiger partial charge < -0.3 is 33.5 Å². The first kappa shape index (κ1) is 43.0. The van der Waals surface area contributed by atoms with E-state index in [1.807, 2.05) is 105 Å². The number of ether oxygens (including phenoxy) is 5. The smallest absolute Gasteiger partial charge is 0.269 e. The Morgan fingerprint density at radius 3 is 2.30 bits per heavy atom. The monoisotopic (exact) mass is 737 g/mol. The summed E-state index contributed by atoms with van der Waals surface area (Å²) in [7, 11) is 3.31. The Labute approximate surface area is 321 Å². The Bertz CT molecular complexity index is 1760. The second-order valence-corrected chi connectivity index (χ2v) is 11.7. The fourth-order valence-electron chi connectivity index (χ4n) is 5.55. The molecular formula is C44H55N3O7. The molecule has 54 heavy (non-hydrogen) atoms. The predicted octanol–water partition coefficient (Wildman–Crippen LogP) is 10.3. The summed E-state index contributed by atoms with van der Waals surface area (Å²) in [6, 6.07) is 20.4. The SMILES string of the molecule is C=C/C=C(\C/C=C\C(C)OC)N(C1=C/Cc2cc([N+](=O)[O-])ccc2N(c2ccc(OCCOCCOCC)cc2)C(=C)/C=C\1)c1ccc(OC)cc1.CC. The lowest BCUT2D eigenvalue weighted by atomic mass is 10.0. The highest BCUT2D eigenvalue weighted by Crippen LogP contribution is 2.38. The number of methoxy groups -OCH3 is 2. The number of rotatable bonds is 19. The number of non-ortho nitro benzene ring substituents is 1. The van der Waals surface area contributed by atoms with Gasteiger partial charge >= 0.3 is 0 Å². The van der Waals surface area contributed by atoms with Gasteiger partial charge in [0.05, 0.1) is 43.6 Å². The topological polar surface area (TPSA) is 95.8 Å². The molecule has 0 amide bonds. The van der Waals surface area contributed by atoms with E-state index in [9.17, 15) is 10.1 Å². The molecule has 0 N–H and O–H groups in total. The van der Waals surface area contributed by atoms with Gasteiger partial charge in [-0.1, -0.05) is 51.3 Å². The molecule has 0 aliphatic carbocycles. The van der Waals surface area contributed by atoms with E-state index in [1.165, 1.54) is 6.07 Å². The number of anilines is 3. The Kier molecular flexibility index (Phi) is 18.5. The van der Waals surface area contributed by atoms with Crippen LogP contribution < -0.4 is 19.3 Å². The largest absolute Gasteiger partial charge is 0.497 e. The quantitative estimate of drug-likeness (QED) is 0.0392. The lowest BCUT2D eigenvalue weighted by molar-refractivity contribution is -0.384. The number of allylic oxidation sites excluding steroid dienone is 6. The van der Waals surface area contributed by atoms with Crippen LogP contribution in [0.15, 0.2) is 140 Å². The Hall–Kier alpha value is -5.42. The highest BCUT2D eigenvalue weighted by Gasteiger charge is 2.22. The summed E-state index contributed by atoms with van der Waals surface area (Å²) < 4.78 is 27.6. The predicted molar refractivity (Wildman–Crippen MR) is 220 cm³/mol. The fourth-order valence-corrected chi connectivity index (χ4v) is 5.55. The van der Waals surface area contributed by atoms with Crippen molar-refractivity contribution >= 4 is 22.7 Å². The van der Waals surface area contributed by atoms with Crippen molar-refractivity contribution in [3.63, 3.8) is 0 Å². The summed E-state index contributed by atoms with van der Waals surface area (Å²) in [5, 5.41) is 11.9. The van der Waals surface area contributed by atoms with Crippen LogP contribution in [0.25, 0.3) is 0 Å². The van der Waals surface area contributed by atoms with Crippen LogP contribution in [-0.4, -0.2) is 58.3 Å². The number of fused-ring (bicyclic) bond motifs is 1. The van der Waals surface area contributed by atoms with E-state index < -0.39 is 0 Å². The summed E-state index contributed by atoms with van der Waals surface area (Å²) in [5.74, 6) is 1.43. The Morgan fingerprint density at radius 1 is 0.963 bits per heavy atom. The maximum absolute atomic E-state index is 11.9. The van der Waals surface area contributed by atoms with Gasteiger partial charge in [-0.25, -0.2) is 0 Å². The van der Waals surface area contributed by atoms with Gasteiger partial charge in [0.15, 0.2) is 0 Å². The molecule has 0 saturated carbocycles. The Balaban J connectivity index is 0.00000385. The zero-order chi connectivity index (χ0) is 39.3. The molecule has 0 radical (unpaired) electrons. The second-order valence-electron chi connectivity index (χ2n) is 11.7. The highest BCUT2D eigenvalue weighted by molar-refractivity contribution is 5.75. The number of nitrogens with zero attached hydrogens (tertiary/aromatic N) is 3. The first-order chi connectivity index (χ1) is 26.3. The minimum Gasteiger partial charge on any atom is -0.497 e. The molecule has 1 aliphatic rings. The molecule has 4 rings (SSSR count). The molecule has 3 aromatic carbocycles. The van der Waals surface area contributed by atoms with Crippen LogP contribution in [0.3, 0.4) is 0 Å². The molecule has 0 saturated heterocycles. The third kappa shape index (κ3) is 12.6. The van der Waals surface area contributed by atoms with Crippen molar-refractivity contribution in [1.29, 1.82) is 0 Å². The zero-order valence-electron chi connectivity index (χ0n) is 32.5. The van der Waals surface area contributed by atoms with Crippen LogP contribution >= 0.6 is 0 Å². The van der Waals surface area contributed by atoms with Gasteiger partial charge in [0.25, 0.3) is 5.69 Å². The second kappa shape index (κ2) is 23.3. The molecule has 0 spiro atoms. The molecule has 3 aromatic rings. The van der Waals surface area contributed by atoms with Gasteiger partial charge in [0.1, 0.15) is 18.1 Å². The van der Waals surface area contributed by atoms with Gasteiger partial charge in [0, 0.05) is 60.7 Å². The van der Waals surface area contributed by atoms with E-state index >= 15 is 0 Å². The summed E-state index contributed by atoms with van der Waals surface area (Å²) >= 11 is 0. The molecule has 0 fully saturated rings. The van der Waals surface area contributed by atoms with E-state index in [4.69, 9.17) is 23.7 Å².